The Labute approximate surface area is 115 Å². The Hall–Kier alpha value is -2.28. The fourth-order valence-electron chi connectivity index (χ4n) is 1.85. The first kappa shape index (κ1) is 14.1. The highest BCUT2D eigenvalue weighted by Crippen LogP contribution is 2.25. The van der Waals surface area contributed by atoms with Crippen LogP contribution in [0.5, 0.6) is 0 Å². The number of para-hydroxylation sites is 1. The van der Waals surface area contributed by atoms with Crippen molar-refractivity contribution >= 4 is 5.69 Å². The molecule has 1 N–H and O–H groups in total. The lowest BCUT2D eigenvalue weighted by Gasteiger charge is -2.04. The summed E-state index contributed by atoms with van der Waals surface area (Å²) in [6.07, 6.45) is 2.52. The predicted octanol–water partition coefficient (Wildman–Crippen LogP) is 2.42. The normalized spacial score (nSPS) is 10.7. The van der Waals surface area contributed by atoms with E-state index in [0.717, 1.165) is 13.0 Å². The topological polar surface area (TPSA) is 73.0 Å². The summed E-state index contributed by atoms with van der Waals surface area (Å²) in [7, 11) is 0. The molecule has 0 saturated heterocycles. The molecule has 0 radical (unpaired) electrons. The molecule has 0 unspecified atom stereocenters. The van der Waals surface area contributed by atoms with E-state index in [4.69, 9.17) is 0 Å². The highest BCUT2D eigenvalue weighted by atomic mass is 19.1. The quantitative estimate of drug-likeness (QED) is 0.500. The molecular formula is C13H15FN4O2. The Morgan fingerprint density at radius 1 is 1.45 bits per heavy atom. The van der Waals surface area contributed by atoms with Gasteiger partial charge in [0.1, 0.15) is 0 Å². The lowest BCUT2D eigenvalue weighted by molar-refractivity contribution is -0.384. The zero-order valence-corrected chi connectivity index (χ0v) is 11.0. The summed E-state index contributed by atoms with van der Waals surface area (Å²) in [6, 6.07) is 5.46. The molecule has 0 atom stereocenters. The van der Waals surface area contributed by atoms with Gasteiger partial charge in [-0.2, -0.15) is 5.10 Å². The Bertz CT molecular complexity index is 612. The van der Waals surface area contributed by atoms with Crippen LogP contribution >= 0.6 is 0 Å². The standard InChI is InChI=1S/C13H15FN4O2/c1-2-7-15-9-10-6-8-17(16-10)13-11(14)4-3-5-12(13)18(19)20/h3-6,8,15H,2,7,9H2,1H3. The van der Waals surface area contributed by atoms with Crippen LogP contribution in [0.15, 0.2) is 30.5 Å². The maximum Gasteiger partial charge on any atom is 0.297 e. The largest absolute Gasteiger partial charge is 0.311 e. The predicted molar refractivity (Wildman–Crippen MR) is 72.2 cm³/mol. The van der Waals surface area contributed by atoms with E-state index in [9.17, 15) is 14.5 Å². The Morgan fingerprint density at radius 3 is 2.95 bits per heavy atom. The van der Waals surface area contributed by atoms with Gasteiger partial charge in [-0.15, -0.1) is 0 Å². The molecule has 1 heterocycles. The van der Waals surface area contributed by atoms with E-state index in [1.54, 1.807) is 6.07 Å². The molecule has 106 valence electrons. The minimum atomic E-state index is -0.671. The average Bonchev–Trinajstić information content (AvgIpc) is 2.87. The van der Waals surface area contributed by atoms with Crippen LogP contribution in [0.1, 0.15) is 19.0 Å². The first-order valence-electron chi connectivity index (χ1n) is 6.32. The molecule has 2 aromatic rings. The number of hydrogen-bond donors (Lipinski definition) is 1. The molecule has 7 heteroatoms. The highest BCUT2D eigenvalue weighted by Gasteiger charge is 2.20. The Morgan fingerprint density at radius 2 is 2.25 bits per heavy atom. The average molecular weight is 278 g/mol. The number of hydrogen-bond acceptors (Lipinski definition) is 4. The van der Waals surface area contributed by atoms with Gasteiger partial charge in [0.2, 0.25) is 0 Å². The van der Waals surface area contributed by atoms with E-state index in [0.29, 0.717) is 12.2 Å². The maximum atomic E-state index is 13.8. The number of nitrogens with zero attached hydrogens (tertiary/aromatic N) is 3. The van der Waals surface area contributed by atoms with E-state index in [-0.39, 0.29) is 11.4 Å². The summed E-state index contributed by atoms with van der Waals surface area (Å²) in [6.45, 7) is 3.45. The van der Waals surface area contributed by atoms with Gasteiger partial charge < -0.3 is 5.32 Å². The van der Waals surface area contributed by atoms with Gasteiger partial charge in [0.05, 0.1) is 10.6 Å². The van der Waals surface area contributed by atoms with Crippen molar-refractivity contribution in [2.45, 2.75) is 19.9 Å². The summed E-state index contributed by atoms with van der Waals surface area (Å²) in [5.41, 5.74) is 0.261. The number of halogens is 1. The molecule has 0 aliphatic heterocycles. The number of nitrogens with one attached hydrogen (secondary N) is 1. The number of rotatable bonds is 6. The molecule has 6 nitrogen and oxygen atoms in total. The monoisotopic (exact) mass is 278 g/mol. The van der Waals surface area contributed by atoms with Crippen molar-refractivity contribution in [1.82, 2.24) is 15.1 Å². The van der Waals surface area contributed by atoms with Crippen molar-refractivity contribution in [1.29, 1.82) is 0 Å². The Kier molecular flexibility index (Phi) is 4.41. The maximum absolute atomic E-state index is 13.8. The van der Waals surface area contributed by atoms with Gasteiger partial charge >= 0.3 is 0 Å². The summed E-state index contributed by atoms with van der Waals surface area (Å²) in [5.74, 6) is -0.671. The summed E-state index contributed by atoms with van der Waals surface area (Å²) in [5, 5.41) is 18.3. The van der Waals surface area contributed by atoms with Gasteiger partial charge in [-0.1, -0.05) is 13.0 Å². The minimum absolute atomic E-state index is 0.140. The molecule has 0 aliphatic rings. The van der Waals surface area contributed by atoms with Crippen LogP contribution in [-0.4, -0.2) is 21.2 Å². The molecule has 2 rings (SSSR count). The third-order valence-corrected chi connectivity index (χ3v) is 2.77. The lowest BCUT2D eigenvalue weighted by Crippen LogP contribution is -2.14. The zero-order chi connectivity index (χ0) is 14.5. The van der Waals surface area contributed by atoms with Crippen LogP contribution in [0.25, 0.3) is 5.69 Å². The van der Waals surface area contributed by atoms with Gasteiger partial charge in [0, 0.05) is 18.8 Å². The van der Waals surface area contributed by atoms with E-state index >= 15 is 0 Å². The molecular weight excluding hydrogens is 263 g/mol. The van der Waals surface area contributed by atoms with E-state index < -0.39 is 10.7 Å². The van der Waals surface area contributed by atoms with E-state index in [2.05, 4.69) is 10.4 Å². The summed E-state index contributed by atoms with van der Waals surface area (Å²) >= 11 is 0. The number of aromatic nitrogens is 2. The van der Waals surface area contributed by atoms with Crippen LogP contribution in [0, 0.1) is 15.9 Å². The van der Waals surface area contributed by atoms with Crippen LogP contribution in [0.2, 0.25) is 0 Å². The smallest absolute Gasteiger partial charge is 0.297 e. The SMILES string of the molecule is CCCNCc1ccn(-c2c(F)cccc2[N+](=O)[O-])n1. The van der Waals surface area contributed by atoms with Crippen LogP contribution in [0.4, 0.5) is 10.1 Å². The summed E-state index contributed by atoms with van der Waals surface area (Å²) in [4.78, 5) is 10.3. The fraction of sp³-hybridized carbons (Fsp3) is 0.308. The molecule has 0 spiro atoms. The lowest BCUT2D eigenvalue weighted by atomic mass is 10.2. The minimum Gasteiger partial charge on any atom is -0.311 e. The molecule has 0 fully saturated rings. The van der Waals surface area contributed by atoms with Gasteiger partial charge in [0.15, 0.2) is 11.5 Å². The van der Waals surface area contributed by atoms with Crippen LogP contribution < -0.4 is 5.32 Å². The first-order chi connectivity index (χ1) is 9.63. The van der Waals surface area contributed by atoms with Gasteiger partial charge in [-0.05, 0) is 25.1 Å². The van der Waals surface area contributed by atoms with Gasteiger partial charge in [-0.3, -0.25) is 10.1 Å². The second-order valence-corrected chi connectivity index (χ2v) is 4.29. The fourth-order valence-corrected chi connectivity index (χ4v) is 1.85. The number of nitro benzene ring substituents is 1. The van der Waals surface area contributed by atoms with Crippen molar-refractivity contribution in [3.63, 3.8) is 0 Å². The van der Waals surface area contributed by atoms with Crippen LogP contribution in [0.3, 0.4) is 0 Å². The molecule has 0 amide bonds. The highest BCUT2D eigenvalue weighted by molar-refractivity contribution is 5.52. The van der Waals surface area contributed by atoms with Crippen molar-refractivity contribution in [3.8, 4) is 5.69 Å². The second-order valence-electron chi connectivity index (χ2n) is 4.29. The third kappa shape index (κ3) is 3.00. The molecule has 1 aromatic carbocycles. The third-order valence-electron chi connectivity index (χ3n) is 2.77. The zero-order valence-electron chi connectivity index (χ0n) is 11.0. The molecule has 1 aromatic heterocycles. The number of benzene rings is 1. The second kappa shape index (κ2) is 6.25. The van der Waals surface area contributed by atoms with Gasteiger partial charge in [0.25, 0.3) is 5.69 Å². The molecule has 0 aliphatic carbocycles. The van der Waals surface area contributed by atoms with E-state index in [1.807, 2.05) is 6.92 Å². The van der Waals surface area contributed by atoms with Crippen molar-refractivity contribution in [2.75, 3.05) is 6.54 Å². The van der Waals surface area contributed by atoms with E-state index in [1.165, 1.54) is 29.1 Å². The molecule has 0 saturated carbocycles. The van der Waals surface area contributed by atoms with Gasteiger partial charge in [-0.25, -0.2) is 9.07 Å². The van der Waals surface area contributed by atoms with Crippen molar-refractivity contribution in [2.24, 2.45) is 0 Å². The van der Waals surface area contributed by atoms with Crippen LogP contribution in [-0.2, 0) is 6.54 Å². The summed E-state index contributed by atoms with van der Waals surface area (Å²) < 4.78 is 15.0. The molecule has 0 bridgehead atoms. The Balaban J connectivity index is 2.30. The van der Waals surface area contributed by atoms with Crippen molar-refractivity contribution in [3.05, 3.63) is 52.1 Å². The first-order valence-corrected chi connectivity index (χ1v) is 6.32. The molecule has 20 heavy (non-hydrogen) atoms. The van der Waals surface area contributed by atoms with Crippen molar-refractivity contribution < 1.29 is 9.31 Å². The number of nitro groups is 1.